The number of aromatic nitrogens is 1. The zero-order valence-corrected chi connectivity index (χ0v) is 9.29. The first-order valence-electron chi connectivity index (χ1n) is 4.92. The molecule has 0 aromatic carbocycles. The molecular weight excluding hydrogens is 195 g/mol. The van der Waals surface area contributed by atoms with Crippen LogP contribution in [-0.4, -0.2) is 22.2 Å². The third-order valence-electron chi connectivity index (χ3n) is 1.94. The number of aliphatic hydroxyl groups excluding tert-OH is 1. The molecule has 2 N–H and O–H groups in total. The van der Waals surface area contributed by atoms with Crippen molar-refractivity contribution in [2.24, 2.45) is 0 Å². The van der Waals surface area contributed by atoms with Crippen LogP contribution in [0.4, 0.5) is 4.39 Å². The van der Waals surface area contributed by atoms with Crippen LogP contribution in [0.5, 0.6) is 0 Å². The highest BCUT2D eigenvalue weighted by molar-refractivity contribution is 5.13. The number of hydrogen-bond acceptors (Lipinski definition) is 3. The Morgan fingerprint density at radius 1 is 1.47 bits per heavy atom. The quantitative estimate of drug-likeness (QED) is 0.800. The highest BCUT2D eigenvalue weighted by Crippen LogP contribution is 2.12. The molecule has 1 heterocycles. The van der Waals surface area contributed by atoms with Crippen LogP contribution < -0.4 is 5.32 Å². The summed E-state index contributed by atoms with van der Waals surface area (Å²) in [5, 5.41) is 12.9. The molecule has 0 fully saturated rings. The summed E-state index contributed by atoms with van der Waals surface area (Å²) in [4.78, 5) is 3.69. The van der Waals surface area contributed by atoms with Gasteiger partial charge in [-0.25, -0.2) is 4.39 Å². The van der Waals surface area contributed by atoms with Crippen molar-refractivity contribution in [1.82, 2.24) is 10.3 Å². The Bertz CT molecular complexity index is 323. The lowest BCUT2D eigenvalue weighted by Crippen LogP contribution is -2.38. The summed E-state index contributed by atoms with van der Waals surface area (Å²) in [6, 6.07) is 1.29. The molecule has 1 unspecified atom stereocenters. The fraction of sp³-hybridized carbons (Fsp3) is 0.545. The number of β-amino-alcohol motifs (C(OH)–C–C–N with tert-alkyl or cyclic N) is 1. The molecule has 84 valence electrons. The molecule has 1 aromatic rings. The molecule has 0 aliphatic heterocycles. The fourth-order valence-corrected chi connectivity index (χ4v) is 1.13. The largest absolute Gasteiger partial charge is 0.387 e. The first-order chi connectivity index (χ1) is 6.88. The van der Waals surface area contributed by atoms with Crippen LogP contribution >= 0.6 is 0 Å². The van der Waals surface area contributed by atoms with E-state index in [0.29, 0.717) is 12.1 Å². The Balaban J connectivity index is 2.58. The van der Waals surface area contributed by atoms with Gasteiger partial charge in [0.1, 0.15) is 5.82 Å². The van der Waals surface area contributed by atoms with E-state index < -0.39 is 11.9 Å². The topological polar surface area (TPSA) is 45.1 Å². The van der Waals surface area contributed by atoms with Crippen molar-refractivity contribution < 1.29 is 9.50 Å². The number of rotatable bonds is 3. The third-order valence-corrected chi connectivity index (χ3v) is 1.94. The molecule has 1 rings (SSSR count). The molecule has 1 aromatic heterocycles. The number of nitrogens with one attached hydrogen (secondary N) is 1. The predicted octanol–water partition coefficient (Wildman–Crippen LogP) is 1.64. The second kappa shape index (κ2) is 4.68. The van der Waals surface area contributed by atoms with Crippen LogP contribution in [0.15, 0.2) is 18.5 Å². The lowest BCUT2D eigenvalue weighted by Gasteiger charge is -2.22. The summed E-state index contributed by atoms with van der Waals surface area (Å²) in [7, 11) is 0. The second-order valence-electron chi connectivity index (χ2n) is 4.58. The molecule has 3 nitrogen and oxygen atoms in total. The number of halogens is 1. The lowest BCUT2D eigenvalue weighted by atomic mass is 10.1. The van der Waals surface area contributed by atoms with Crippen molar-refractivity contribution in [2.45, 2.75) is 32.4 Å². The Morgan fingerprint density at radius 3 is 2.67 bits per heavy atom. The molecule has 0 amide bonds. The van der Waals surface area contributed by atoms with Crippen molar-refractivity contribution in [2.75, 3.05) is 6.54 Å². The van der Waals surface area contributed by atoms with Gasteiger partial charge in [0, 0.05) is 23.8 Å². The second-order valence-corrected chi connectivity index (χ2v) is 4.58. The summed E-state index contributed by atoms with van der Waals surface area (Å²) < 4.78 is 12.8. The maximum absolute atomic E-state index is 12.8. The maximum atomic E-state index is 12.8. The van der Waals surface area contributed by atoms with Gasteiger partial charge in [0.05, 0.1) is 12.3 Å². The molecular formula is C11H17FN2O. The summed E-state index contributed by atoms with van der Waals surface area (Å²) in [5.41, 5.74) is 0.425. The van der Waals surface area contributed by atoms with Gasteiger partial charge in [0.2, 0.25) is 0 Å². The molecule has 15 heavy (non-hydrogen) atoms. The Hall–Kier alpha value is -1.00. The van der Waals surface area contributed by atoms with Crippen LogP contribution in [0.25, 0.3) is 0 Å². The van der Waals surface area contributed by atoms with Gasteiger partial charge in [-0.05, 0) is 26.8 Å². The summed E-state index contributed by atoms with van der Waals surface area (Å²) in [6.45, 7) is 6.39. The van der Waals surface area contributed by atoms with Crippen molar-refractivity contribution in [3.05, 3.63) is 29.8 Å². The van der Waals surface area contributed by atoms with Crippen LogP contribution in [0.3, 0.4) is 0 Å². The Labute approximate surface area is 89.4 Å². The first-order valence-corrected chi connectivity index (χ1v) is 4.92. The van der Waals surface area contributed by atoms with Crippen LogP contribution in [0.2, 0.25) is 0 Å². The number of hydrogen-bond donors (Lipinski definition) is 2. The molecule has 0 radical (unpaired) electrons. The van der Waals surface area contributed by atoms with Crippen LogP contribution in [0.1, 0.15) is 32.4 Å². The van der Waals surface area contributed by atoms with E-state index in [4.69, 9.17) is 0 Å². The van der Waals surface area contributed by atoms with Gasteiger partial charge in [0.25, 0.3) is 0 Å². The minimum absolute atomic E-state index is 0.0677. The molecule has 1 atom stereocenters. The van der Waals surface area contributed by atoms with Crippen LogP contribution in [-0.2, 0) is 0 Å². The molecule has 0 saturated heterocycles. The van der Waals surface area contributed by atoms with E-state index in [1.54, 1.807) is 0 Å². The van der Waals surface area contributed by atoms with E-state index in [2.05, 4.69) is 10.3 Å². The van der Waals surface area contributed by atoms with Crippen molar-refractivity contribution >= 4 is 0 Å². The number of aliphatic hydroxyl groups is 1. The Kier molecular flexibility index (Phi) is 3.77. The zero-order valence-electron chi connectivity index (χ0n) is 9.29. The van der Waals surface area contributed by atoms with Gasteiger partial charge in [0.15, 0.2) is 0 Å². The zero-order chi connectivity index (χ0) is 11.5. The van der Waals surface area contributed by atoms with Crippen molar-refractivity contribution in [3.8, 4) is 0 Å². The summed E-state index contributed by atoms with van der Waals surface area (Å²) in [5.74, 6) is -0.428. The molecule has 0 saturated carbocycles. The van der Waals surface area contributed by atoms with Gasteiger partial charge in [-0.3, -0.25) is 4.98 Å². The molecule has 0 aliphatic rings. The van der Waals surface area contributed by atoms with E-state index in [9.17, 15) is 9.50 Å². The third kappa shape index (κ3) is 4.36. The number of pyridine rings is 1. The summed E-state index contributed by atoms with van der Waals surface area (Å²) >= 11 is 0. The first kappa shape index (κ1) is 12.1. The van der Waals surface area contributed by atoms with E-state index in [1.807, 2.05) is 20.8 Å². The minimum atomic E-state index is -0.729. The lowest BCUT2D eigenvalue weighted by molar-refractivity contribution is 0.162. The monoisotopic (exact) mass is 212 g/mol. The highest BCUT2D eigenvalue weighted by Gasteiger charge is 2.14. The van der Waals surface area contributed by atoms with E-state index in [1.165, 1.54) is 12.3 Å². The van der Waals surface area contributed by atoms with Gasteiger partial charge < -0.3 is 10.4 Å². The SMILES string of the molecule is CC(C)(C)NCC(O)c1cncc(F)c1. The number of nitrogens with zero attached hydrogens (tertiary/aromatic N) is 1. The van der Waals surface area contributed by atoms with Crippen molar-refractivity contribution in [3.63, 3.8) is 0 Å². The molecule has 4 heteroatoms. The van der Waals surface area contributed by atoms with E-state index in [0.717, 1.165) is 6.20 Å². The Morgan fingerprint density at radius 2 is 2.13 bits per heavy atom. The normalized spacial score (nSPS) is 13.9. The summed E-state index contributed by atoms with van der Waals surface area (Å²) in [6.07, 6.45) is 1.86. The van der Waals surface area contributed by atoms with Gasteiger partial charge in [-0.2, -0.15) is 0 Å². The maximum Gasteiger partial charge on any atom is 0.141 e. The molecule has 0 spiro atoms. The average molecular weight is 212 g/mol. The van der Waals surface area contributed by atoms with Gasteiger partial charge in [-0.1, -0.05) is 0 Å². The smallest absolute Gasteiger partial charge is 0.141 e. The standard InChI is InChI=1S/C11H17FN2O/c1-11(2,3)14-7-10(15)8-4-9(12)6-13-5-8/h4-6,10,14-15H,7H2,1-3H3. The fourth-order valence-electron chi connectivity index (χ4n) is 1.13. The average Bonchev–Trinajstić information content (AvgIpc) is 2.13. The molecule has 0 aliphatic carbocycles. The highest BCUT2D eigenvalue weighted by atomic mass is 19.1. The van der Waals surface area contributed by atoms with E-state index in [-0.39, 0.29) is 5.54 Å². The predicted molar refractivity (Wildman–Crippen MR) is 56.9 cm³/mol. The van der Waals surface area contributed by atoms with E-state index >= 15 is 0 Å². The van der Waals surface area contributed by atoms with Crippen LogP contribution in [0, 0.1) is 5.82 Å². The van der Waals surface area contributed by atoms with Gasteiger partial charge >= 0.3 is 0 Å². The van der Waals surface area contributed by atoms with Gasteiger partial charge in [-0.15, -0.1) is 0 Å². The van der Waals surface area contributed by atoms with Crippen molar-refractivity contribution in [1.29, 1.82) is 0 Å². The molecule has 0 bridgehead atoms. The minimum Gasteiger partial charge on any atom is -0.387 e.